The third-order valence-electron chi connectivity index (χ3n) is 5.15. The predicted molar refractivity (Wildman–Crippen MR) is 111 cm³/mol. The molecule has 9 nitrogen and oxygen atoms in total. The number of carbonyl (C=O) groups excluding carboxylic acids is 2. The van der Waals surface area contributed by atoms with Gasteiger partial charge in [-0.2, -0.15) is 0 Å². The smallest absolute Gasteiger partial charge is 0.271 e. The molecule has 2 amide bonds. The second kappa shape index (κ2) is 7.94. The highest BCUT2D eigenvalue weighted by molar-refractivity contribution is 5.95. The number of hydrogen-bond donors (Lipinski definition) is 3. The third-order valence-corrected chi connectivity index (χ3v) is 5.15. The molecule has 2 heterocycles. The molecule has 0 spiro atoms. The highest BCUT2D eigenvalue weighted by Crippen LogP contribution is 2.27. The summed E-state index contributed by atoms with van der Waals surface area (Å²) in [5.41, 5.74) is 7.54. The van der Waals surface area contributed by atoms with E-state index in [1.807, 2.05) is 29.2 Å². The van der Waals surface area contributed by atoms with Crippen LogP contribution in [0, 0.1) is 0 Å². The number of aromatic nitrogens is 2. The van der Waals surface area contributed by atoms with Crippen molar-refractivity contribution in [3.63, 3.8) is 0 Å². The normalized spacial score (nSPS) is 16.4. The van der Waals surface area contributed by atoms with Crippen LogP contribution >= 0.6 is 0 Å². The molecule has 2 aromatic rings. The monoisotopic (exact) mass is 395 g/mol. The van der Waals surface area contributed by atoms with E-state index in [-0.39, 0.29) is 11.6 Å². The number of piperazine rings is 1. The lowest BCUT2D eigenvalue weighted by Crippen LogP contribution is -2.48. The number of amides is 2. The summed E-state index contributed by atoms with van der Waals surface area (Å²) < 4.78 is 0. The van der Waals surface area contributed by atoms with Crippen molar-refractivity contribution in [1.29, 1.82) is 0 Å². The molecule has 1 aliphatic heterocycles. The Bertz CT molecular complexity index is 904. The van der Waals surface area contributed by atoms with Gasteiger partial charge in [0.2, 0.25) is 5.91 Å². The van der Waals surface area contributed by atoms with Gasteiger partial charge < -0.3 is 26.2 Å². The molecule has 1 saturated carbocycles. The summed E-state index contributed by atoms with van der Waals surface area (Å²) in [6.07, 6.45) is 3.62. The Morgan fingerprint density at radius 1 is 1.10 bits per heavy atom. The number of nitrogens with one attached hydrogen (secondary N) is 2. The molecule has 4 N–H and O–H groups in total. The Morgan fingerprint density at radius 3 is 2.38 bits per heavy atom. The quantitative estimate of drug-likeness (QED) is 0.680. The molecular formula is C20H25N7O2. The zero-order valence-corrected chi connectivity index (χ0v) is 16.4. The molecule has 0 bridgehead atoms. The molecule has 1 aliphatic carbocycles. The van der Waals surface area contributed by atoms with E-state index in [9.17, 15) is 9.59 Å². The van der Waals surface area contributed by atoms with Crippen LogP contribution in [0.5, 0.6) is 0 Å². The van der Waals surface area contributed by atoms with Crippen molar-refractivity contribution in [3.8, 4) is 0 Å². The van der Waals surface area contributed by atoms with Gasteiger partial charge in [-0.1, -0.05) is 0 Å². The summed E-state index contributed by atoms with van der Waals surface area (Å²) in [7, 11) is 0. The van der Waals surface area contributed by atoms with Gasteiger partial charge in [-0.25, -0.2) is 9.97 Å². The Labute approximate surface area is 169 Å². The Balaban J connectivity index is 1.42. The van der Waals surface area contributed by atoms with Crippen molar-refractivity contribution in [3.05, 3.63) is 36.2 Å². The first kappa shape index (κ1) is 19.0. The molecule has 2 aliphatic rings. The van der Waals surface area contributed by atoms with Gasteiger partial charge in [-0.05, 0) is 37.1 Å². The first-order valence-electron chi connectivity index (χ1n) is 9.80. The van der Waals surface area contributed by atoms with E-state index >= 15 is 0 Å². The van der Waals surface area contributed by atoms with E-state index in [1.54, 1.807) is 6.92 Å². The highest BCUT2D eigenvalue weighted by Gasteiger charge is 2.24. The lowest BCUT2D eigenvalue weighted by molar-refractivity contribution is -0.129. The zero-order valence-electron chi connectivity index (χ0n) is 16.4. The van der Waals surface area contributed by atoms with Crippen molar-refractivity contribution in [1.82, 2.24) is 14.9 Å². The maximum atomic E-state index is 11.6. The number of primary amides is 1. The lowest BCUT2D eigenvalue weighted by atomic mass is 10.2. The van der Waals surface area contributed by atoms with E-state index in [0.29, 0.717) is 17.7 Å². The van der Waals surface area contributed by atoms with Crippen molar-refractivity contribution in [2.24, 2.45) is 5.73 Å². The summed E-state index contributed by atoms with van der Waals surface area (Å²) >= 11 is 0. The van der Waals surface area contributed by atoms with E-state index in [2.05, 4.69) is 25.5 Å². The molecule has 0 radical (unpaired) electrons. The molecule has 0 unspecified atom stereocenters. The highest BCUT2D eigenvalue weighted by atomic mass is 16.2. The van der Waals surface area contributed by atoms with Gasteiger partial charge in [0.1, 0.15) is 0 Å². The summed E-state index contributed by atoms with van der Waals surface area (Å²) in [5.74, 6) is 0.496. The number of rotatable bonds is 6. The van der Waals surface area contributed by atoms with Gasteiger partial charge in [-0.3, -0.25) is 9.59 Å². The number of anilines is 4. The van der Waals surface area contributed by atoms with Gasteiger partial charge in [0.15, 0.2) is 17.3 Å². The minimum atomic E-state index is -0.596. The van der Waals surface area contributed by atoms with Crippen molar-refractivity contribution in [2.45, 2.75) is 25.8 Å². The van der Waals surface area contributed by atoms with E-state index in [0.717, 1.165) is 50.4 Å². The fraction of sp³-hybridized carbons (Fsp3) is 0.400. The first-order chi connectivity index (χ1) is 14.0. The molecule has 1 saturated heterocycles. The molecular weight excluding hydrogens is 370 g/mol. The van der Waals surface area contributed by atoms with Crippen molar-refractivity contribution in [2.75, 3.05) is 41.7 Å². The molecule has 9 heteroatoms. The number of benzene rings is 1. The van der Waals surface area contributed by atoms with E-state index in [1.165, 1.54) is 6.20 Å². The van der Waals surface area contributed by atoms with Crippen LogP contribution in [0.1, 0.15) is 30.3 Å². The van der Waals surface area contributed by atoms with Gasteiger partial charge in [0.25, 0.3) is 5.91 Å². The summed E-state index contributed by atoms with van der Waals surface area (Å²) in [6.45, 7) is 4.74. The van der Waals surface area contributed by atoms with Crippen LogP contribution in [-0.4, -0.2) is 58.9 Å². The average molecular weight is 395 g/mol. The van der Waals surface area contributed by atoms with Gasteiger partial charge in [0.05, 0.1) is 6.20 Å². The minimum absolute atomic E-state index is 0.128. The van der Waals surface area contributed by atoms with Crippen molar-refractivity contribution >= 4 is 34.8 Å². The molecule has 4 rings (SSSR count). The summed E-state index contributed by atoms with van der Waals surface area (Å²) in [6, 6.07) is 8.37. The standard InChI is InChI=1S/C20H25N7O2/c1-13(28)26-8-10-27(11-9-26)16-6-4-14(5-7-16)23-17-12-22-18(19(21)29)20(25-17)24-15-2-3-15/h4-7,12,15H,2-3,8-11H2,1H3,(H2,21,29)(H2,23,24,25). The van der Waals surface area contributed by atoms with Crippen LogP contribution in [-0.2, 0) is 4.79 Å². The van der Waals surface area contributed by atoms with Crippen LogP contribution in [0.15, 0.2) is 30.5 Å². The number of carbonyl (C=O) groups is 2. The molecule has 29 heavy (non-hydrogen) atoms. The van der Waals surface area contributed by atoms with Gasteiger partial charge in [0, 0.05) is 50.5 Å². The molecule has 152 valence electrons. The largest absolute Gasteiger partial charge is 0.368 e. The molecule has 2 fully saturated rings. The fourth-order valence-corrected chi connectivity index (χ4v) is 3.33. The number of nitrogens with zero attached hydrogens (tertiary/aromatic N) is 4. The summed E-state index contributed by atoms with van der Waals surface area (Å²) in [4.78, 5) is 35.8. The van der Waals surface area contributed by atoms with Crippen LogP contribution in [0.4, 0.5) is 23.0 Å². The zero-order chi connectivity index (χ0) is 20.4. The molecule has 1 aromatic heterocycles. The summed E-state index contributed by atoms with van der Waals surface area (Å²) in [5, 5.41) is 6.43. The van der Waals surface area contributed by atoms with Crippen LogP contribution in [0.25, 0.3) is 0 Å². The van der Waals surface area contributed by atoms with Crippen LogP contribution in [0.3, 0.4) is 0 Å². The van der Waals surface area contributed by atoms with Crippen molar-refractivity contribution < 1.29 is 9.59 Å². The second-order valence-corrected chi connectivity index (χ2v) is 7.40. The Morgan fingerprint density at radius 2 is 1.79 bits per heavy atom. The SMILES string of the molecule is CC(=O)N1CCN(c2ccc(Nc3cnc(C(N)=O)c(NC4CC4)n3)cc2)CC1. The van der Waals surface area contributed by atoms with Gasteiger partial charge >= 0.3 is 0 Å². The maximum Gasteiger partial charge on any atom is 0.271 e. The maximum absolute atomic E-state index is 11.6. The van der Waals surface area contributed by atoms with Crippen LogP contribution < -0.4 is 21.3 Å². The predicted octanol–water partition coefficient (Wildman–Crippen LogP) is 1.56. The third kappa shape index (κ3) is 4.56. The first-order valence-corrected chi connectivity index (χ1v) is 9.80. The molecule has 1 aromatic carbocycles. The van der Waals surface area contributed by atoms with E-state index in [4.69, 9.17) is 5.73 Å². The number of nitrogens with two attached hydrogens (primary N) is 1. The average Bonchev–Trinajstić information content (AvgIpc) is 3.53. The van der Waals surface area contributed by atoms with Crippen LogP contribution in [0.2, 0.25) is 0 Å². The Hall–Kier alpha value is -3.36. The minimum Gasteiger partial charge on any atom is -0.368 e. The van der Waals surface area contributed by atoms with E-state index < -0.39 is 5.91 Å². The molecule has 0 atom stereocenters. The number of hydrogen-bond acceptors (Lipinski definition) is 7. The van der Waals surface area contributed by atoms with Gasteiger partial charge in [-0.15, -0.1) is 0 Å². The fourth-order valence-electron chi connectivity index (χ4n) is 3.33. The Kier molecular flexibility index (Phi) is 5.20. The second-order valence-electron chi connectivity index (χ2n) is 7.40. The topological polar surface area (TPSA) is 116 Å². The lowest BCUT2D eigenvalue weighted by Gasteiger charge is -2.35.